The molecule has 1 saturated heterocycles. The zero-order chi connectivity index (χ0) is 20.7. The molecule has 3 aliphatic rings. The van der Waals surface area contributed by atoms with Crippen LogP contribution in [0.25, 0.3) is 11.1 Å². The first-order valence-electron chi connectivity index (χ1n) is 10.9. The molecule has 1 spiro atoms. The number of hydrogen-bond acceptors (Lipinski definition) is 3. The molecule has 1 heterocycles. The zero-order valence-corrected chi connectivity index (χ0v) is 17.0. The monoisotopic (exact) mass is 405 g/mol. The van der Waals surface area contributed by atoms with Crippen molar-refractivity contribution in [2.75, 3.05) is 13.2 Å². The maximum atomic E-state index is 12.9. The second-order valence-electron chi connectivity index (χ2n) is 9.01. The Morgan fingerprint density at radius 1 is 0.967 bits per heavy atom. The minimum absolute atomic E-state index is 0.0180. The lowest BCUT2D eigenvalue weighted by atomic mass is 9.74. The number of carboxylic acids is 1. The van der Waals surface area contributed by atoms with Gasteiger partial charge < -0.3 is 9.84 Å². The molecule has 2 aromatic rings. The number of benzene rings is 2. The summed E-state index contributed by atoms with van der Waals surface area (Å²) >= 11 is 0. The van der Waals surface area contributed by atoms with E-state index in [4.69, 9.17) is 4.74 Å². The minimum Gasteiger partial charge on any atom is -0.480 e. The Morgan fingerprint density at radius 3 is 2.17 bits per heavy atom. The van der Waals surface area contributed by atoms with E-state index in [0.717, 1.165) is 43.2 Å². The van der Waals surface area contributed by atoms with Crippen LogP contribution in [-0.2, 0) is 9.53 Å². The van der Waals surface area contributed by atoms with Gasteiger partial charge in [-0.1, -0.05) is 61.4 Å². The molecule has 30 heavy (non-hydrogen) atoms. The molecule has 1 atom stereocenters. The highest BCUT2D eigenvalue weighted by Gasteiger charge is 2.46. The van der Waals surface area contributed by atoms with E-state index >= 15 is 0 Å². The van der Waals surface area contributed by atoms with Gasteiger partial charge in [0.15, 0.2) is 0 Å². The molecule has 1 unspecified atom stereocenters. The number of piperidine rings is 1. The topological polar surface area (TPSA) is 66.8 Å². The number of carbonyl (C=O) groups excluding carboxylic acids is 1. The van der Waals surface area contributed by atoms with Crippen LogP contribution in [0.5, 0.6) is 0 Å². The third kappa shape index (κ3) is 3.17. The van der Waals surface area contributed by atoms with E-state index in [1.165, 1.54) is 16.0 Å². The Kier molecular flexibility index (Phi) is 4.76. The molecule has 0 aromatic heterocycles. The lowest BCUT2D eigenvalue weighted by Crippen LogP contribution is -2.53. The lowest BCUT2D eigenvalue weighted by molar-refractivity contribution is -0.146. The fourth-order valence-electron chi connectivity index (χ4n) is 5.83. The summed E-state index contributed by atoms with van der Waals surface area (Å²) in [7, 11) is 0. The van der Waals surface area contributed by atoms with Crippen molar-refractivity contribution in [2.24, 2.45) is 5.41 Å². The number of carboxylic acid groups (broad SMARTS) is 1. The molecule has 5 heteroatoms. The Balaban J connectivity index is 1.32. The number of carbonyl (C=O) groups is 2. The molecule has 156 valence electrons. The smallest absolute Gasteiger partial charge is 0.410 e. The Bertz CT molecular complexity index is 933. The van der Waals surface area contributed by atoms with Crippen molar-refractivity contribution in [3.05, 3.63) is 59.7 Å². The van der Waals surface area contributed by atoms with E-state index in [1.807, 2.05) is 24.3 Å². The summed E-state index contributed by atoms with van der Waals surface area (Å²) in [6.07, 6.45) is 5.41. The van der Waals surface area contributed by atoms with Gasteiger partial charge in [-0.15, -0.1) is 0 Å². The third-order valence-electron chi connectivity index (χ3n) is 7.41. The predicted molar refractivity (Wildman–Crippen MR) is 113 cm³/mol. The highest BCUT2D eigenvalue weighted by atomic mass is 16.6. The fraction of sp³-hybridized carbons (Fsp3) is 0.440. The van der Waals surface area contributed by atoms with Gasteiger partial charge in [-0.3, -0.25) is 4.90 Å². The minimum atomic E-state index is -0.922. The molecule has 1 N–H and O–H groups in total. The molecular formula is C25H27NO4. The maximum absolute atomic E-state index is 12.9. The van der Waals surface area contributed by atoms with Gasteiger partial charge in [-0.2, -0.15) is 0 Å². The van der Waals surface area contributed by atoms with Gasteiger partial charge >= 0.3 is 12.1 Å². The number of likely N-dealkylation sites (tertiary alicyclic amines) is 1. The molecule has 5 rings (SSSR count). The molecule has 1 saturated carbocycles. The van der Waals surface area contributed by atoms with Crippen molar-refractivity contribution in [1.82, 2.24) is 4.90 Å². The number of aliphatic carboxylic acids is 1. The van der Waals surface area contributed by atoms with Gasteiger partial charge in [-0.25, -0.2) is 9.59 Å². The summed E-state index contributed by atoms with van der Waals surface area (Å²) in [5.41, 5.74) is 4.77. The van der Waals surface area contributed by atoms with Crippen molar-refractivity contribution in [1.29, 1.82) is 0 Å². The van der Waals surface area contributed by atoms with Crippen LogP contribution in [0, 0.1) is 5.41 Å². The summed E-state index contributed by atoms with van der Waals surface area (Å²) in [6, 6.07) is 15.6. The highest BCUT2D eigenvalue weighted by molar-refractivity contribution is 5.81. The number of hydrogen-bond donors (Lipinski definition) is 1. The second-order valence-corrected chi connectivity index (χ2v) is 9.01. The summed E-state index contributed by atoms with van der Waals surface area (Å²) in [5, 5.41) is 9.79. The van der Waals surface area contributed by atoms with Crippen LogP contribution in [0.1, 0.15) is 55.6 Å². The van der Waals surface area contributed by atoms with E-state index < -0.39 is 18.1 Å². The average molecular weight is 405 g/mol. The van der Waals surface area contributed by atoms with Gasteiger partial charge in [0, 0.05) is 12.5 Å². The summed E-state index contributed by atoms with van der Waals surface area (Å²) in [5.74, 6) is -0.940. The van der Waals surface area contributed by atoms with E-state index in [2.05, 4.69) is 24.3 Å². The number of ether oxygens (including phenoxy) is 1. The van der Waals surface area contributed by atoms with Crippen LogP contribution in [-0.4, -0.2) is 41.3 Å². The fourth-order valence-corrected chi connectivity index (χ4v) is 5.83. The quantitative estimate of drug-likeness (QED) is 0.776. The van der Waals surface area contributed by atoms with E-state index in [9.17, 15) is 14.7 Å². The normalized spacial score (nSPS) is 22.0. The summed E-state index contributed by atoms with van der Waals surface area (Å²) < 4.78 is 5.73. The van der Waals surface area contributed by atoms with Crippen molar-refractivity contribution in [2.45, 2.75) is 50.5 Å². The zero-order valence-electron chi connectivity index (χ0n) is 17.0. The van der Waals surface area contributed by atoms with Crippen LogP contribution >= 0.6 is 0 Å². The Hall–Kier alpha value is -2.82. The van der Waals surface area contributed by atoms with Crippen molar-refractivity contribution >= 4 is 12.1 Å². The molecule has 2 aromatic carbocycles. The average Bonchev–Trinajstić information content (AvgIpc) is 3.34. The summed E-state index contributed by atoms with van der Waals surface area (Å²) in [6.45, 7) is 0.689. The lowest BCUT2D eigenvalue weighted by Gasteiger charge is -2.42. The molecule has 2 aliphatic carbocycles. The van der Waals surface area contributed by atoms with Crippen molar-refractivity contribution in [3.63, 3.8) is 0 Å². The number of fused-ring (bicyclic) bond motifs is 3. The van der Waals surface area contributed by atoms with Crippen LogP contribution in [0.4, 0.5) is 4.79 Å². The predicted octanol–water partition coefficient (Wildman–Crippen LogP) is 5.04. The van der Waals surface area contributed by atoms with Gasteiger partial charge in [0.05, 0.1) is 0 Å². The number of nitrogens with zero attached hydrogens (tertiary/aromatic N) is 1. The van der Waals surface area contributed by atoms with Crippen molar-refractivity contribution in [3.8, 4) is 11.1 Å². The van der Waals surface area contributed by atoms with Crippen LogP contribution in [0.2, 0.25) is 0 Å². The van der Waals surface area contributed by atoms with Gasteiger partial charge in [0.2, 0.25) is 0 Å². The van der Waals surface area contributed by atoms with E-state index in [1.54, 1.807) is 0 Å². The standard InChI is InChI=1S/C25H27NO4/c27-23(28)22-15-25(11-5-6-12-25)13-14-26(22)24(29)30-16-21-19-9-3-1-7-17(19)18-8-2-4-10-20(18)21/h1-4,7-10,21-22H,5-6,11-16H2,(H,27,28). The van der Waals surface area contributed by atoms with Gasteiger partial charge in [0.1, 0.15) is 12.6 Å². The molecule has 5 nitrogen and oxygen atoms in total. The summed E-state index contributed by atoms with van der Waals surface area (Å²) in [4.78, 5) is 26.3. The molecular weight excluding hydrogens is 378 g/mol. The first-order chi connectivity index (χ1) is 14.6. The third-order valence-corrected chi connectivity index (χ3v) is 7.41. The number of rotatable bonds is 3. The van der Waals surface area contributed by atoms with Crippen LogP contribution < -0.4 is 0 Å². The first-order valence-corrected chi connectivity index (χ1v) is 10.9. The van der Waals surface area contributed by atoms with Crippen LogP contribution in [0.3, 0.4) is 0 Å². The molecule has 0 radical (unpaired) electrons. The van der Waals surface area contributed by atoms with Gasteiger partial charge in [0.25, 0.3) is 0 Å². The SMILES string of the molecule is O=C(O)C1CC2(CCCC2)CCN1C(=O)OCC1c2ccccc2-c2ccccc21. The van der Waals surface area contributed by atoms with Crippen LogP contribution in [0.15, 0.2) is 48.5 Å². The number of amides is 1. The van der Waals surface area contributed by atoms with E-state index in [-0.39, 0.29) is 17.9 Å². The highest BCUT2D eigenvalue weighted by Crippen LogP contribution is 2.48. The molecule has 0 bridgehead atoms. The van der Waals surface area contributed by atoms with Gasteiger partial charge in [-0.05, 0) is 53.4 Å². The maximum Gasteiger partial charge on any atom is 0.410 e. The second kappa shape index (κ2) is 7.46. The first kappa shape index (κ1) is 19.2. The molecule has 2 fully saturated rings. The molecule has 1 aliphatic heterocycles. The Morgan fingerprint density at radius 2 is 1.57 bits per heavy atom. The van der Waals surface area contributed by atoms with E-state index in [0.29, 0.717) is 13.0 Å². The molecule has 1 amide bonds. The Labute approximate surface area is 176 Å². The largest absolute Gasteiger partial charge is 0.480 e. The van der Waals surface area contributed by atoms with Crippen molar-refractivity contribution < 1.29 is 19.4 Å².